The lowest BCUT2D eigenvalue weighted by Gasteiger charge is -2.32. The first-order chi connectivity index (χ1) is 7.79. The molecule has 3 heteroatoms. The topological polar surface area (TPSA) is 46.3 Å². The van der Waals surface area contributed by atoms with E-state index < -0.39 is 0 Å². The Morgan fingerprint density at radius 3 is 2.50 bits per heavy atom. The maximum Gasteiger partial charge on any atom is 0.222 e. The fraction of sp³-hybridized carbons (Fsp3) is 0.923. The monoisotopic (exact) mass is 224 g/mol. The predicted octanol–water partition coefficient (Wildman–Crippen LogP) is 1.76. The van der Waals surface area contributed by atoms with Gasteiger partial charge < -0.3 is 10.6 Å². The summed E-state index contributed by atoms with van der Waals surface area (Å²) in [6, 6.07) is 0. The quantitative estimate of drug-likeness (QED) is 0.794. The Labute approximate surface area is 98.4 Å². The van der Waals surface area contributed by atoms with Gasteiger partial charge in [0.1, 0.15) is 0 Å². The number of rotatable bonds is 3. The van der Waals surface area contributed by atoms with Gasteiger partial charge in [-0.05, 0) is 44.1 Å². The highest BCUT2D eigenvalue weighted by molar-refractivity contribution is 5.76. The highest BCUT2D eigenvalue weighted by atomic mass is 16.2. The largest absolute Gasteiger partial charge is 0.342 e. The van der Waals surface area contributed by atoms with Crippen molar-refractivity contribution < 1.29 is 4.79 Å². The van der Waals surface area contributed by atoms with Gasteiger partial charge in [0.05, 0.1) is 0 Å². The lowest BCUT2D eigenvalue weighted by atomic mass is 9.96. The van der Waals surface area contributed by atoms with Crippen molar-refractivity contribution in [2.45, 2.75) is 44.9 Å². The molecule has 0 aromatic carbocycles. The number of hydrogen-bond acceptors (Lipinski definition) is 2. The number of nitrogens with zero attached hydrogens (tertiary/aromatic N) is 1. The fourth-order valence-corrected chi connectivity index (χ4v) is 3.07. The summed E-state index contributed by atoms with van der Waals surface area (Å²) in [4.78, 5) is 14.2. The molecular weight excluding hydrogens is 200 g/mol. The van der Waals surface area contributed by atoms with Crippen molar-refractivity contribution in [2.24, 2.45) is 17.6 Å². The lowest BCUT2D eigenvalue weighted by Crippen LogP contribution is -2.42. The third kappa shape index (κ3) is 2.97. The Hall–Kier alpha value is -0.570. The standard InChI is InChI=1S/C13H24N2O/c14-9-12-6-3-7-15(10-12)13(16)8-11-4-1-2-5-11/h11-12H,1-10,14H2/t12-/m0/s1. The van der Waals surface area contributed by atoms with E-state index >= 15 is 0 Å². The number of amides is 1. The van der Waals surface area contributed by atoms with E-state index in [4.69, 9.17) is 5.73 Å². The molecule has 1 heterocycles. The van der Waals surface area contributed by atoms with E-state index in [1.165, 1.54) is 32.1 Å². The van der Waals surface area contributed by atoms with Crippen LogP contribution in [0, 0.1) is 11.8 Å². The second kappa shape index (κ2) is 5.67. The molecule has 16 heavy (non-hydrogen) atoms. The van der Waals surface area contributed by atoms with Crippen molar-refractivity contribution in [1.82, 2.24) is 4.90 Å². The maximum atomic E-state index is 12.1. The molecule has 1 amide bonds. The summed E-state index contributed by atoms with van der Waals surface area (Å²) in [6.45, 7) is 2.59. The molecule has 1 saturated heterocycles. The van der Waals surface area contributed by atoms with Gasteiger partial charge in [-0.1, -0.05) is 12.8 Å². The summed E-state index contributed by atoms with van der Waals surface area (Å²) in [6.07, 6.45) is 8.30. The van der Waals surface area contributed by atoms with Gasteiger partial charge >= 0.3 is 0 Å². The van der Waals surface area contributed by atoms with Crippen LogP contribution in [0.5, 0.6) is 0 Å². The van der Waals surface area contributed by atoms with Crippen LogP contribution >= 0.6 is 0 Å². The molecule has 1 aliphatic heterocycles. The number of likely N-dealkylation sites (tertiary alicyclic amines) is 1. The van der Waals surface area contributed by atoms with Crippen molar-refractivity contribution in [3.8, 4) is 0 Å². The minimum Gasteiger partial charge on any atom is -0.342 e. The Morgan fingerprint density at radius 2 is 1.81 bits per heavy atom. The minimum absolute atomic E-state index is 0.380. The van der Waals surface area contributed by atoms with Crippen molar-refractivity contribution in [3.05, 3.63) is 0 Å². The molecule has 0 aromatic rings. The molecule has 3 nitrogen and oxygen atoms in total. The summed E-state index contributed by atoms with van der Waals surface area (Å²) < 4.78 is 0. The van der Waals surface area contributed by atoms with Gasteiger partial charge in [0, 0.05) is 19.5 Å². The molecule has 92 valence electrons. The van der Waals surface area contributed by atoms with Gasteiger partial charge in [0.2, 0.25) is 5.91 Å². The van der Waals surface area contributed by atoms with Crippen LogP contribution in [0.25, 0.3) is 0 Å². The van der Waals surface area contributed by atoms with Gasteiger partial charge in [-0.2, -0.15) is 0 Å². The fourth-order valence-electron chi connectivity index (χ4n) is 3.07. The normalized spacial score (nSPS) is 27.3. The van der Waals surface area contributed by atoms with Crippen LogP contribution in [-0.2, 0) is 4.79 Å². The van der Waals surface area contributed by atoms with E-state index in [0.29, 0.717) is 17.7 Å². The molecule has 0 aromatic heterocycles. The van der Waals surface area contributed by atoms with Crippen LogP contribution in [0.2, 0.25) is 0 Å². The number of carbonyl (C=O) groups is 1. The van der Waals surface area contributed by atoms with E-state index in [2.05, 4.69) is 4.90 Å². The highest BCUT2D eigenvalue weighted by Gasteiger charge is 2.25. The van der Waals surface area contributed by atoms with Gasteiger partial charge in [-0.3, -0.25) is 4.79 Å². The first kappa shape index (κ1) is 11.9. The minimum atomic E-state index is 0.380. The summed E-state index contributed by atoms with van der Waals surface area (Å²) in [5.74, 6) is 1.59. The lowest BCUT2D eigenvalue weighted by molar-refractivity contribution is -0.133. The average molecular weight is 224 g/mol. The van der Waals surface area contributed by atoms with Crippen LogP contribution in [0.3, 0.4) is 0 Å². The highest BCUT2D eigenvalue weighted by Crippen LogP contribution is 2.28. The summed E-state index contributed by atoms with van der Waals surface area (Å²) in [5.41, 5.74) is 5.69. The maximum absolute atomic E-state index is 12.1. The second-order valence-corrected chi connectivity index (χ2v) is 5.44. The number of carbonyl (C=O) groups excluding carboxylic acids is 1. The first-order valence-corrected chi connectivity index (χ1v) is 6.77. The smallest absolute Gasteiger partial charge is 0.222 e. The first-order valence-electron chi connectivity index (χ1n) is 6.77. The molecule has 1 saturated carbocycles. The molecule has 2 rings (SSSR count). The van der Waals surface area contributed by atoms with Crippen LogP contribution in [-0.4, -0.2) is 30.4 Å². The molecule has 1 atom stereocenters. The van der Waals surface area contributed by atoms with Crippen molar-refractivity contribution >= 4 is 5.91 Å². The van der Waals surface area contributed by atoms with Gasteiger partial charge in [-0.15, -0.1) is 0 Å². The Bertz CT molecular complexity index is 236. The zero-order valence-electron chi connectivity index (χ0n) is 10.2. The molecular formula is C13H24N2O. The van der Waals surface area contributed by atoms with E-state index in [0.717, 1.165) is 32.5 Å². The van der Waals surface area contributed by atoms with E-state index in [1.807, 2.05) is 0 Å². The Kier molecular flexibility index (Phi) is 4.22. The molecule has 0 radical (unpaired) electrons. The Morgan fingerprint density at radius 1 is 1.12 bits per heavy atom. The molecule has 0 bridgehead atoms. The molecule has 0 unspecified atom stereocenters. The third-order valence-corrected chi connectivity index (χ3v) is 4.14. The van der Waals surface area contributed by atoms with E-state index in [9.17, 15) is 4.79 Å². The average Bonchev–Trinajstić information content (AvgIpc) is 2.82. The number of nitrogens with two attached hydrogens (primary N) is 1. The number of hydrogen-bond donors (Lipinski definition) is 1. The SMILES string of the molecule is NC[C@@H]1CCCN(C(=O)CC2CCCC2)C1. The summed E-state index contributed by atoms with van der Waals surface area (Å²) in [7, 11) is 0. The van der Waals surface area contributed by atoms with E-state index in [-0.39, 0.29) is 0 Å². The van der Waals surface area contributed by atoms with Crippen LogP contribution < -0.4 is 5.73 Å². The van der Waals surface area contributed by atoms with Crippen LogP contribution in [0.4, 0.5) is 0 Å². The molecule has 0 spiro atoms. The zero-order valence-corrected chi connectivity index (χ0v) is 10.2. The molecule has 2 fully saturated rings. The summed E-state index contributed by atoms with van der Waals surface area (Å²) >= 11 is 0. The summed E-state index contributed by atoms with van der Waals surface area (Å²) in [5, 5.41) is 0. The second-order valence-electron chi connectivity index (χ2n) is 5.44. The molecule has 1 aliphatic carbocycles. The van der Waals surface area contributed by atoms with Crippen LogP contribution in [0.15, 0.2) is 0 Å². The van der Waals surface area contributed by atoms with Gasteiger partial charge in [-0.25, -0.2) is 0 Å². The predicted molar refractivity (Wildman–Crippen MR) is 64.9 cm³/mol. The van der Waals surface area contributed by atoms with Gasteiger partial charge in [0.25, 0.3) is 0 Å². The molecule has 2 N–H and O–H groups in total. The third-order valence-electron chi connectivity index (χ3n) is 4.14. The van der Waals surface area contributed by atoms with Crippen molar-refractivity contribution in [1.29, 1.82) is 0 Å². The van der Waals surface area contributed by atoms with Crippen molar-refractivity contribution in [3.63, 3.8) is 0 Å². The zero-order chi connectivity index (χ0) is 11.4. The Balaban J connectivity index is 1.79. The number of piperidine rings is 1. The van der Waals surface area contributed by atoms with Crippen molar-refractivity contribution in [2.75, 3.05) is 19.6 Å². The van der Waals surface area contributed by atoms with Crippen LogP contribution in [0.1, 0.15) is 44.9 Å². The molecule has 2 aliphatic rings. The van der Waals surface area contributed by atoms with E-state index in [1.54, 1.807) is 0 Å². The van der Waals surface area contributed by atoms with Gasteiger partial charge in [0.15, 0.2) is 0 Å².